The molecule has 1 aliphatic heterocycles. The van der Waals surface area contributed by atoms with E-state index in [9.17, 15) is 19.8 Å². The van der Waals surface area contributed by atoms with Gasteiger partial charge in [-0.15, -0.1) is 0 Å². The lowest BCUT2D eigenvalue weighted by Gasteiger charge is -2.62. The van der Waals surface area contributed by atoms with Crippen LogP contribution in [0.1, 0.15) is 70.3 Å². The Morgan fingerprint density at radius 2 is 1.81 bits per heavy atom. The fourth-order valence-electron chi connectivity index (χ4n) is 9.09. The Balaban J connectivity index is 1.49. The van der Waals surface area contributed by atoms with Crippen molar-refractivity contribution in [1.82, 2.24) is 20.6 Å². The van der Waals surface area contributed by atoms with E-state index in [1.807, 2.05) is 57.4 Å². The lowest BCUT2D eigenvalue weighted by atomic mass is 9.45. The van der Waals surface area contributed by atoms with Crippen molar-refractivity contribution in [3.8, 4) is 16.9 Å². The first kappa shape index (κ1) is 41.2. The third-order valence-corrected chi connectivity index (χ3v) is 12.8. The number of amides is 2. The number of benzene rings is 2. The van der Waals surface area contributed by atoms with Crippen molar-refractivity contribution in [3.05, 3.63) is 46.5 Å². The molecule has 4 N–H and O–H groups in total. The summed E-state index contributed by atoms with van der Waals surface area (Å²) < 4.78 is 6.07. The van der Waals surface area contributed by atoms with Gasteiger partial charge in [-0.25, -0.2) is 0 Å². The summed E-state index contributed by atoms with van der Waals surface area (Å²) in [6, 6.07) is 8.38. The summed E-state index contributed by atoms with van der Waals surface area (Å²) in [4.78, 5) is 38.3. The van der Waals surface area contributed by atoms with Gasteiger partial charge in [0.1, 0.15) is 17.9 Å². The van der Waals surface area contributed by atoms with E-state index in [4.69, 9.17) is 21.2 Å². The van der Waals surface area contributed by atoms with E-state index in [0.717, 1.165) is 12.1 Å². The summed E-state index contributed by atoms with van der Waals surface area (Å²) in [7, 11) is 9.39. The number of aliphatic hydroxyl groups excluding tert-OH is 2. The standard InChI is InChI=1S/C41H62ClN5O6/c1-22(2)33(20-45(7)8)44-39(50)27-14-26(15-29(16-27)46(9)10)36-31(42)13-12-25(38(36)52-11)19-47-37(35(24(4)49)34(21-48)53-47)40(51)43-32-18-28-17-30(23(32)3)41(28,5)6/h12-16,22-24,28,30,32-35,37,48-49H,17-21H2,1-11H3,(H,43,51)(H,44,50)/t23-,24-,28+,30+,32-,33+,34-,35+,37-/m0/s1. The fraction of sp³-hybridized carbons (Fsp3) is 0.659. The van der Waals surface area contributed by atoms with Gasteiger partial charge in [0.2, 0.25) is 5.91 Å². The number of rotatable bonds is 14. The number of likely N-dealkylation sites (N-methyl/N-ethyl adjacent to an activating group) is 1. The minimum Gasteiger partial charge on any atom is -0.496 e. The number of nitrogens with one attached hydrogen (secondary N) is 2. The Bertz CT molecular complexity index is 1630. The molecule has 0 spiro atoms. The normalized spacial score (nSPS) is 27.7. The highest BCUT2D eigenvalue weighted by molar-refractivity contribution is 6.33. The molecular formula is C41H62ClN5O6. The molecule has 4 fully saturated rings. The number of nitrogens with zero attached hydrogens (tertiary/aromatic N) is 3. The molecule has 6 rings (SSSR count). The molecule has 294 valence electrons. The molecule has 2 aromatic carbocycles. The molecule has 0 aromatic heterocycles. The number of carbonyl (C=O) groups is 2. The van der Waals surface area contributed by atoms with Gasteiger partial charge in [-0.3, -0.25) is 14.4 Å². The smallest absolute Gasteiger partial charge is 0.251 e. The van der Waals surface area contributed by atoms with Crippen LogP contribution in [0.4, 0.5) is 5.69 Å². The third kappa shape index (κ3) is 8.36. The van der Waals surface area contributed by atoms with E-state index in [-0.39, 0.29) is 48.4 Å². The summed E-state index contributed by atoms with van der Waals surface area (Å²) in [6.07, 6.45) is 0.415. The van der Waals surface area contributed by atoms with E-state index in [2.05, 4.69) is 50.2 Å². The monoisotopic (exact) mass is 755 g/mol. The van der Waals surface area contributed by atoms with Gasteiger partial charge in [-0.2, -0.15) is 5.06 Å². The zero-order valence-electron chi connectivity index (χ0n) is 33.4. The van der Waals surface area contributed by atoms with Crippen LogP contribution in [0.3, 0.4) is 0 Å². The zero-order chi connectivity index (χ0) is 39.1. The number of hydrogen-bond acceptors (Lipinski definition) is 9. The Labute approximate surface area is 321 Å². The van der Waals surface area contributed by atoms with Crippen LogP contribution in [0.15, 0.2) is 30.3 Å². The van der Waals surface area contributed by atoms with Crippen LogP contribution < -0.4 is 20.3 Å². The zero-order valence-corrected chi connectivity index (χ0v) is 34.2. The van der Waals surface area contributed by atoms with Crippen molar-refractivity contribution in [2.24, 2.45) is 35.0 Å². The van der Waals surface area contributed by atoms with Crippen molar-refractivity contribution in [2.75, 3.05) is 53.4 Å². The molecule has 2 bridgehead atoms. The van der Waals surface area contributed by atoms with Gasteiger partial charge in [-0.1, -0.05) is 52.3 Å². The van der Waals surface area contributed by atoms with Crippen molar-refractivity contribution >= 4 is 29.1 Å². The molecule has 12 heteroatoms. The SMILES string of the molecule is COc1c(CN2O[C@@H](CO)[C@@H]([C@H](C)O)[C@H]2C(=O)N[C@H]2C[C@H]3C[C@H]([C@@H]2C)C3(C)C)ccc(Cl)c1-c1cc(C(=O)N[C@H](CN(C)C)C(C)C)cc(N(C)C)c1. The lowest BCUT2D eigenvalue weighted by molar-refractivity contribution is -0.183. The molecule has 1 heterocycles. The first-order valence-electron chi connectivity index (χ1n) is 19.1. The van der Waals surface area contributed by atoms with Crippen molar-refractivity contribution in [3.63, 3.8) is 0 Å². The van der Waals surface area contributed by atoms with Crippen LogP contribution >= 0.6 is 11.6 Å². The molecule has 53 heavy (non-hydrogen) atoms. The second kappa shape index (κ2) is 16.4. The number of carbonyl (C=O) groups excluding carboxylic acids is 2. The Hall–Kier alpha value is -2.93. The molecule has 9 atom stereocenters. The van der Waals surface area contributed by atoms with Gasteiger partial charge in [-0.05, 0) is 92.8 Å². The summed E-state index contributed by atoms with van der Waals surface area (Å²) in [5, 5.41) is 29.9. The topological polar surface area (TPSA) is 127 Å². The maximum atomic E-state index is 14.3. The Kier molecular flexibility index (Phi) is 12.8. The molecule has 3 aliphatic carbocycles. The van der Waals surface area contributed by atoms with E-state index in [1.54, 1.807) is 25.2 Å². The van der Waals surface area contributed by atoms with E-state index in [1.165, 1.54) is 6.42 Å². The van der Waals surface area contributed by atoms with E-state index in [0.29, 0.717) is 57.3 Å². The Morgan fingerprint density at radius 3 is 2.36 bits per heavy atom. The first-order chi connectivity index (χ1) is 24.9. The van der Waals surface area contributed by atoms with Crippen LogP contribution in [-0.2, 0) is 16.2 Å². The molecule has 2 amide bonds. The van der Waals surface area contributed by atoms with Crippen LogP contribution in [0, 0.1) is 35.0 Å². The highest BCUT2D eigenvalue weighted by Gasteiger charge is 2.57. The number of halogens is 1. The second-order valence-electron chi connectivity index (χ2n) is 17.1. The van der Waals surface area contributed by atoms with E-state index < -0.39 is 24.2 Å². The summed E-state index contributed by atoms with van der Waals surface area (Å²) in [5.41, 5.74) is 3.55. The maximum absolute atomic E-state index is 14.3. The quantitative estimate of drug-likeness (QED) is 0.210. The minimum atomic E-state index is -0.918. The van der Waals surface area contributed by atoms with Crippen molar-refractivity contribution in [1.29, 1.82) is 0 Å². The molecule has 0 unspecified atom stereocenters. The average molecular weight is 756 g/mol. The highest BCUT2D eigenvalue weighted by Crippen LogP contribution is 2.61. The predicted molar refractivity (Wildman–Crippen MR) is 210 cm³/mol. The molecule has 3 saturated carbocycles. The number of hydrogen-bond donors (Lipinski definition) is 4. The second-order valence-corrected chi connectivity index (χ2v) is 17.5. The minimum absolute atomic E-state index is 0.0229. The first-order valence-corrected chi connectivity index (χ1v) is 19.4. The highest BCUT2D eigenvalue weighted by atomic mass is 35.5. The van der Waals surface area contributed by atoms with Gasteiger partial charge in [0.15, 0.2) is 0 Å². The fourth-order valence-corrected chi connectivity index (χ4v) is 9.35. The third-order valence-electron chi connectivity index (χ3n) is 12.4. The summed E-state index contributed by atoms with van der Waals surface area (Å²) >= 11 is 6.95. The number of aliphatic hydroxyl groups is 2. The van der Waals surface area contributed by atoms with Gasteiger partial charge in [0.25, 0.3) is 5.91 Å². The molecule has 4 aliphatic rings. The molecule has 11 nitrogen and oxygen atoms in total. The predicted octanol–water partition coefficient (Wildman–Crippen LogP) is 5.06. The average Bonchev–Trinajstić information content (AvgIpc) is 3.47. The summed E-state index contributed by atoms with van der Waals surface area (Å²) in [5.74, 6) is 1.05. The maximum Gasteiger partial charge on any atom is 0.251 e. The molecular weight excluding hydrogens is 694 g/mol. The largest absolute Gasteiger partial charge is 0.496 e. The number of ether oxygens (including phenoxy) is 1. The number of fused-ring (bicyclic) bond motifs is 2. The lowest BCUT2D eigenvalue weighted by Crippen LogP contribution is -2.62. The number of hydroxylamine groups is 2. The van der Waals surface area contributed by atoms with Crippen LogP contribution in [-0.4, -0.2) is 111 Å². The van der Waals surface area contributed by atoms with Gasteiger partial charge >= 0.3 is 0 Å². The van der Waals surface area contributed by atoms with Gasteiger partial charge in [0.05, 0.1) is 31.4 Å². The number of anilines is 1. The van der Waals surface area contributed by atoms with Gasteiger partial charge < -0.3 is 35.4 Å². The van der Waals surface area contributed by atoms with Crippen molar-refractivity contribution < 1.29 is 29.4 Å². The van der Waals surface area contributed by atoms with Crippen molar-refractivity contribution in [2.45, 2.75) is 91.3 Å². The molecule has 2 aromatic rings. The van der Waals surface area contributed by atoms with Crippen LogP contribution in [0.25, 0.3) is 11.1 Å². The van der Waals surface area contributed by atoms with Gasteiger partial charge in [0, 0.05) is 61.0 Å². The molecule has 0 radical (unpaired) electrons. The summed E-state index contributed by atoms with van der Waals surface area (Å²) in [6.45, 7) is 13.2. The van der Waals surface area contributed by atoms with Crippen LogP contribution in [0.5, 0.6) is 5.75 Å². The van der Waals surface area contributed by atoms with Crippen LogP contribution in [0.2, 0.25) is 5.02 Å². The Morgan fingerprint density at radius 1 is 1.11 bits per heavy atom. The van der Waals surface area contributed by atoms with E-state index >= 15 is 0 Å². The number of methoxy groups -OCH3 is 1. The molecule has 1 saturated heterocycles.